The Morgan fingerprint density at radius 1 is 1.31 bits per heavy atom. The minimum Gasteiger partial charge on any atom is -0.375 e. The van der Waals surface area contributed by atoms with E-state index in [9.17, 15) is 0 Å². The van der Waals surface area contributed by atoms with Crippen LogP contribution in [0.25, 0.3) is 11.4 Å². The largest absolute Gasteiger partial charge is 0.375 e. The van der Waals surface area contributed by atoms with Gasteiger partial charge in [0.05, 0.1) is 12.7 Å². The highest BCUT2D eigenvalue weighted by Gasteiger charge is 2.32. The first-order chi connectivity index (χ1) is 14.2. The summed E-state index contributed by atoms with van der Waals surface area (Å²) in [7, 11) is 1.79. The van der Waals surface area contributed by atoms with Crippen LogP contribution in [0.1, 0.15) is 18.7 Å². The van der Waals surface area contributed by atoms with Crippen molar-refractivity contribution in [2.24, 2.45) is 4.99 Å². The Hall–Kier alpha value is -2.16. The molecular formula is C20H26ClN5O3. The standard InChI is InChI=1S/C20H26ClN5O3/c1-22-20(26-9-11-28-17(13-26)16-6-3-10-27-16)23-8-7-18-24-19(25-29-18)14-4-2-5-15(21)12-14/h2,4-5,12,16-17H,3,6-11,13H2,1H3,(H,22,23). The molecule has 2 aromatic rings. The number of nitrogens with zero attached hydrogens (tertiary/aromatic N) is 4. The number of nitrogens with one attached hydrogen (secondary N) is 1. The molecule has 156 valence electrons. The summed E-state index contributed by atoms with van der Waals surface area (Å²) < 4.78 is 17.1. The van der Waals surface area contributed by atoms with E-state index in [0.29, 0.717) is 36.3 Å². The molecule has 1 N–H and O–H groups in total. The van der Waals surface area contributed by atoms with Gasteiger partial charge in [0.2, 0.25) is 11.7 Å². The van der Waals surface area contributed by atoms with E-state index < -0.39 is 0 Å². The number of halogens is 1. The van der Waals surface area contributed by atoms with Crippen molar-refractivity contribution in [3.63, 3.8) is 0 Å². The molecule has 2 unspecified atom stereocenters. The lowest BCUT2D eigenvalue weighted by Crippen LogP contribution is -2.53. The van der Waals surface area contributed by atoms with Crippen molar-refractivity contribution >= 4 is 17.6 Å². The second-order valence-electron chi connectivity index (χ2n) is 7.15. The van der Waals surface area contributed by atoms with Gasteiger partial charge in [-0.3, -0.25) is 4.99 Å². The first-order valence-corrected chi connectivity index (χ1v) is 10.4. The summed E-state index contributed by atoms with van der Waals surface area (Å²) in [6.45, 7) is 3.74. The normalized spacial score (nSPS) is 22.8. The second kappa shape index (κ2) is 9.56. The first-order valence-electron chi connectivity index (χ1n) is 10.0. The molecule has 2 atom stereocenters. The first kappa shape index (κ1) is 20.1. The molecule has 29 heavy (non-hydrogen) atoms. The quantitative estimate of drug-likeness (QED) is 0.588. The summed E-state index contributed by atoms with van der Waals surface area (Å²) in [5.74, 6) is 1.97. The zero-order valence-corrected chi connectivity index (χ0v) is 17.3. The van der Waals surface area contributed by atoms with Crippen LogP contribution in [-0.4, -0.2) is 73.1 Å². The predicted octanol–water partition coefficient (Wildman–Crippen LogP) is 2.39. The van der Waals surface area contributed by atoms with Crippen LogP contribution >= 0.6 is 11.6 Å². The highest BCUT2D eigenvalue weighted by molar-refractivity contribution is 6.30. The van der Waals surface area contributed by atoms with E-state index in [4.69, 9.17) is 25.6 Å². The van der Waals surface area contributed by atoms with Gasteiger partial charge >= 0.3 is 0 Å². The third kappa shape index (κ3) is 5.07. The van der Waals surface area contributed by atoms with E-state index >= 15 is 0 Å². The fraction of sp³-hybridized carbons (Fsp3) is 0.550. The van der Waals surface area contributed by atoms with Crippen LogP contribution in [0.2, 0.25) is 5.02 Å². The average Bonchev–Trinajstić information content (AvgIpc) is 3.44. The monoisotopic (exact) mass is 419 g/mol. The van der Waals surface area contributed by atoms with Crippen molar-refractivity contribution in [1.82, 2.24) is 20.4 Å². The summed E-state index contributed by atoms with van der Waals surface area (Å²) >= 11 is 6.03. The molecule has 8 nitrogen and oxygen atoms in total. The number of guanidine groups is 1. The van der Waals surface area contributed by atoms with Gasteiger partial charge in [0.15, 0.2) is 5.96 Å². The van der Waals surface area contributed by atoms with Crippen LogP contribution < -0.4 is 5.32 Å². The zero-order chi connectivity index (χ0) is 20.1. The van der Waals surface area contributed by atoms with Crippen molar-refractivity contribution in [2.75, 3.05) is 39.9 Å². The molecule has 2 fully saturated rings. The topological polar surface area (TPSA) is 85.0 Å². The maximum absolute atomic E-state index is 6.03. The van der Waals surface area contributed by atoms with E-state index in [1.165, 1.54) is 0 Å². The lowest BCUT2D eigenvalue weighted by molar-refractivity contribution is -0.0816. The van der Waals surface area contributed by atoms with Crippen LogP contribution in [-0.2, 0) is 15.9 Å². The van der Waals surface area contributed by atoms with E-state index in [2.05, 4.69) is 25.3 Å². The zero-order valence-electron chi connectivity index (χ0n) is 16.5. The average molecular weight is 420 g/mol. The molecule has 0 amide bonds. The lowest BCUT2D eigenvalue weighted by Gasteiger charge is -2.37. The summed E-state index contributed by atoms with van der Waals surface area (Å²) in [6, 6.07) is 7.41. The number of rotatable bonds is 5. The number of morpholine rings is 1. The molecule has 2 aliphatic heterocycles. The second-order valence-corrected chi connectivity index (χ2v) is 7.59. The number of benzene rings is 1. The highest BCUT2D eigenvalue weighted by Crippen LogP contribution is 2.21. The maximum atomic E-state index is 6.03. The smallest absolute Gasteiger partial charge is 0.228 e. The molecule has 2 aliphatic rings. The summed E-state index contributed by atoms with van der Waals surface area (Å²) in [5.41, 5.74) is 0.838. The predicted molar refractivity (Wildman–Crippen MR) is 110 cm³/mol. The molecule has 2 saturated heterocycles. The number of ether oxygens (including phenoxy) is 2. The van der Waals surface area contributed by atoms with E-state index in [1.807, 2.05) is 24.3 Å². The van der Waals surface area contributed by atoms with Gasteiger partial charge in [0.1, 0.15) is 6.10 Å². The maximum Gasteiger partial charge on any atom is 0.228 e. The molecule has 0 aliphatic carbocycles. The molecule has 3 heterocycles. The summed E-state index contributed by atoms with van der Waals surface area (Å²) in [4.78, 5) is 11.1. The SMILES string of the molecule is CN=C(NCCc1nc(-c2cccc(Cl)c2)no1)N1CCOC(C2CCCO2)C1. The lowest BCUT2D eigenvalue weighted by atomic mass is 10.1. The van der Waals surface area contributed by atoms with Crippen LogP contribution in [0.5, 0.6) is 0 Å². The van der Waals surface area contributed by atoms with E-state index in [1.54, 1.807) is 7.05 Å². The summed E-state index contributed by atoms with van der Waals surface area (Å²) in [5, 5.41) is 8.08. The third-order valence-electron chi connectivity index (χ3n) is 5.16. The molecule has 0 radical (unpaired) electrons. The van der Waals surface area contributed by atoms with Crippen molar-refractivity contribution in [1.29, 1.82) is 0 Å². The van der Waals surface area contributed by atoms with Gasteiger partial charge in [-0.2, -0.15) is 4.98 Å². The number of aliphatic imine (C=N–C) groups is 1. The number of aromatic nitrogens is 2. The van der Waals surface area contributed by atoms with Gasteiger partial charge in [0, 0.05) is 50.3 Å². The third-order valence-corrected chi connectivity index (χ3v) is 5.39. The molecule has 1 aromatic carbocycles. The Morgan fingerprint density at radius 2 is 2.21 bits per heavy atom. The molecule has 0 saturated carbocycles. The molecule has 9 heteroatoms. The van der Waals surface area contributed by atoms with E-state index in [-0.39, 0.29) is 12.2 Å². The van der Waals surface area contributed by atoms with Gasteiger partial charge in [-0.15, -0.1) is 0 Å². The molecule has 1 aromatic heterocycles. The molecule has 4 rings (SSSR count). The van der Waals surface area contributed by atoms with Gasteiger partial charge in [0.25, 0.3) is 0 Å². The van der Waals surface area contributed by atoms with E-state index in [0.717, 1.165) is 44.1 Å². The minimum atomic E-state index is 0.0981. The van der Waals surface area contributed by atoms with Gasteiger partial charge in [-0.1, -0.05) is 28.9 Å². The Balaban J connectivity index is 1.29. The Labute approximate surface area is 175 Å². The molecule has 0 bridgehead atoms. The summed E-state index contributed by atoms with van der Waals surface area (Å²) in [6.07, 6.45) is 3.07. The number of hydrogen-bond acceptors (Lipinski definition) is 6. The highest BCUT2D eigenvalue weighted by atomic mass is 35.5. The van der Waals surface area contributed by atoms with Crippen molar-refractivity contribution < 1.29 is 14.0 Å². The van der Waals surface area contributed by atoms with Crippen molar-refractivity contribution in [3.05, 3.63) is 35.2 Å². The number of hydrogen-bond donors (Lipinski definition) is 1. The van der Waals surface area contributed by atoms with Crippen LogP contribution in [0.3, 0.4) is 0 Å². The van der Waals surface area contributed by atoms with Gasteiger partial charge in [-0.25, -0.2) is 0 Å². The van der Waals surface area contributed by atoms with Crippen LogP contribution in [0.15, 0.2) is 33.8 Å². The van der Waals surface area contributed by atoms with Crippen LogP contribution in [0, 0.1) is 0 Å². The Kier molecular flexibility index (Phi) is 6.63. The minimum absolute atomic E-state index is 0.0981. The van der Waals surface area contributed by atoms with Gasteiger partial charge < -0.3 is 24.2 Å². The van der Waals surface area contributed by atoms with Crippen molar-refractivity contribution in [2.45, 2.75) is 31.5 Å². The Morgan fingerprint density at radius 3 is 3.00 bits per heavy atom. The fourth-order valence-corrected chi connectivity index (χ4v) is 3.89. The fourth-order valence-electron chi connectivity index (χ4n) is 3.70. The van der Waals surface area contributed by atoms with Crippen LogP contribution in [0.4, 0.5) is 0 Å². The molecule has 0 spiro atoms. The Bertz CT molecular complexity index is 837. The molecular weight excluding hydrogens is 394 g/mol. The van der Waals surface area contributed by atoms with Gasteiger partial charge in [-0.05, 0) is 25.0 Å². The van der Waals surface area contributed by atoms with Crippen molar-refractivity contribution in [3.8, 4) is 11.4 Å².